The average molecular weight is 424 g/mol. The van der Waals surface area contributed by atoms with E-state index in [1.54, 1.807) is 0 Å². The van der Waals surface area contributed by atoms with Gasteiger partial charge in [0.1, 0.15) is 11.5 Å². The molecule has 0 aromatic heterocycles. The zero-order chi connectivity index (χ0) is 21.8. The van der Waals surface area contributed by atoms with E-state index < -0.39 is 0 Å². The van der Waals surface area contributed by atoms with Crippen molar-refractivity contribution in [3.8, 4) is 11.5 Å². The molecule has 0 amide bonds. The number of hydrogen-bond acceptors (Lipinski definition) is 3. The normalized spacial score (nSPS) is 10.5. The predicted octanol–water partition coefficient (Wildman–Crippen LogP) is 6.54. The molecule has 0 spiro atoms. The van der Waals surface area contributed by atoms with Crippen LogP contribution in [-0.4, -0.2) is 13.2 Å². The van der Waals surface area contributed by atoms with E-state index in [4.69, 9.17) is 9.47 Å². The van der Waals surface area contributed by atoms with Crippen molar-refractivity contribution in [3.05, 3.63) is 126 Å². The Balaban J connectivity index is 1.24. The lowest BCUT2D eigenvalue weighted by molar-refractivity contribution is 0.321. The van der Waals surface area contributed by atoms with Gasteiger partial charge in [-0.25, -0.2) is 0 Å². The minimum atomic E-state index is 0.663. The largest absolute Gasteiger partial charge is 0.493 e. The Bertz CT molecular complexity index is 991. The maximum atomic E-state index is 5.95. The Labute approximate surface area is 190 Å². The van der Waals surface area contributed by atoms with E-state index in [-0.39, 0.29) is 0 Å². The number of rotatable bonds is 11. The summed E-state index contributed by atoms with van der Waals surface area (Å²) in [5.74, 6) is 1.78. The van der Waals surface area contributed by atoms with Gasteiger partial charge in [-0.2, -0.15) is 0 Å². The molecule has 0 saturated heterocycles. The number of nitrogens with one attached hydrogen (secondary N) is 1. The lowest BCUT2D eigenvalue weighted by atomic mass is 10.2. The van der Waals surface area contributed by atoms with Crippen LogP contribution in [0.1, 0.15) is 16.7 Å². The molecular weight excluding hydrogens is 394 g/mol. The summed E-state index contributed by atoms with van der Waals surface area (Å²) in [4.78, 5) is 0. The molecule has 0 radical (unpaired) electrons. The van der Waals surface area contributed by atoms with E-state index in [1.165, 1.54) is 16.7 Å². The summed E-state index contributed by atoms with van der Waals surface area (Å²) in [6.07, 6.45) is 1.80. The molecule has 0 heterocycles. The van der Waals surface area contributed by atoms with Gasteiger partial charge in [-0.05, 0) is 41.0 Å². The van der Waals surface area contributed by atoms with Crippen molar-refractivity contribution in [2.24, 2.45) is 0 Å². The van der Waals surface area contributed by atoms with Gasteiger partial charge in [-0.3, -0.25) is 0 Å². The molecule has 3 nitrogen and oxygen atoms in total. The van der Waals surface area contributed by atoms with Crippen LogP contribution < -0.4 is 14.8 Å². The summed E-state index contributed by atoms with van der Waals surface area (Å²) >= 11 is 0. The van der Waals surface area contributed by atoms with Crippen LogP contribution in [-0.2, 0) is 19.4 Å². The van der Waals surface area contributed by atoms with Crippen molar-refractivity contribution < 1.29 is 9.47 Å². The molecular formula is C29H29NO2. The van der Waals surface area contributed by atoms with Gasteiger partial charge < -0.3 is 14.8 Å². The van der Waals surface area contributed by atoms with Crippen LogP contribution in [0.5, 0.6) is 11.5 Å². The van der Waals surface area contributed by atoms with Gasteiger partial charge in [0.15, 0.2) is 0 Å². The van der Waals surface area contributed by atoms with Gasteiger partial charge >= 0.3 is 0 Å². The third-order valence-electron chi connectivity index (χ3n) is 5.23. The summed E-state index contributed by atoms with van der Waals surface area (Å²) in [7, 11) is 0. The molecule has 4 aromatic carbocycles. The number of ether oxygens (including phenoxy) is 2. The molecule has 1 N–H and O–H groups in total. The topological polar surface area (TPSA) is 30.5 Å². The van der Waals surface area contributed by atoms with Gasteiger partial charge in [0.2, 0.25) is 0 Å². The van der Waals surface area contributed by atoms with Crippen LogP contribution in [0.15, 0.2) is 109 Å². The highest BCUT2D eigenvalue weighted by molar-refractivity contribution is 5.48. The molecule has 0 atom stereocenters. The molecule has 4 rings (SSSR count). The van der Waals surface area contributed by atoms with Crippen molar-refractivity contribution in [1.29, 1.82) is 0 Å². The monoisotopic (exact) mass is 423 g/mol. The van der Waals surface area contributed by atoms with Crippen molar-refractivity contribution >= 4 is 5.69 Å². The molecule has 3 heteroatoms. The second kappa shape index (κ2) is 11.6. The second-order valence-corrected chi connectivity index (χ2v) is 7.70. The highest BCUT2D eigenvalue weighted by Crippen LogP contribution is 2.20. The van der Waals surface area contributed by atoms with Gasteiger partial charge in [0.25, 0.3) is 0 Å². The minimum Gasteiger partial charge on any atom is -0.493 e. The summed E-state index contributed by atoms with van der Waals surface area (Å²) in [5, 5.41) is 3.48. The quantitative estimate of drug-likeness (QED) is 0.297. The maximum Gasteiger partial charge on any atom is 0.121 e. The third kappa shape index (κ3) is 6.92. The van der Waals surface area contributed by atoms with Crippen molar-refractivity contribution in [1.82, 2.24) is 0 Å². The summed E-state index contributed by atoms with van der Waals surface area (Å²) in [6, 6.07) is 37.2. The van der Waals surface area contributed by atoms with Crippen molar-refractivity contribution in [2.75, 3.05) is 18.5 Å². The zero-order valence-electron chi connectivity index (χ0n) is 18.2. The Morgan fingerprint density at radius 3 is 1.66 bits per heavy atom. The molecule has 0 aliphatic heterocycles. The van der Waals surface area contributed by atoms with E-state index in [9.17, 15) is 0 Å². The Hall–Kier alpha value is -3.72. The van der Waals surface area contributed by atoms with Crippen LogP contribution in [0.25, 0.3) is 0 Å². The highest BCUT2D eigenvalue weighted by atomic mass is 16.5. The number of hydrogen-bond donors (Lipinski definition) is 1. The molecule has 0 aliphatic carbocycles. The Kier molecular flexibility index (Phi) is 7.81. The predicted molar refractivity (Wildman–Crippen MR) is 131 cm³/mol. The Morgan fingerprint density at radius 1 is 0.500 bits per heavy atom. The minimum absolute atomic E-state index is 0.663. The zero-order valence-corrected chi connectivity index (χ0v) is 18.2. The van der Waals surface area contributed by atoms with Crippen LogP contribution in [0.2, 0.25) is 0 Å². The fraction of sp³-hybridized carbons (Fsp3) is 0.172. The summed E-state index contributed by atoms with van der Waals surface area (Å²) in [6.45, 7) is 2.06. The highest BCUT2D eigenvalue weighted by Gasteiger charge is 2.01. The van der Waals surface area contributed by atoms with E-state index in [0.717, 1.165) is 36.6 Å². The first-order valence-corrected chi connectivity index (χ1v) is 11.1. The smallest absolute Gasteiger partial charge is 0.121 e. The Morgan fingerprint density at radius 2 is 1.03 bits per heavy atom. The van der Waals surface area contributed by atoms with Crippen molar-refractivity contribution in [3.63, 3.8) is 0 Å². The molecule has 0 bridgehead atoms. The van der Waals surface area contributed by atoms with E-state index in [0.29, 0.717) is 13.2 Å². The second-order valence-electron chi connectivity index (χ2n) is 7.70. The fourth-order valence-corrected chi connectivity index (χ4v) is 3.51. The third-order valence-corrected chi connectivity index (χ3v) is 5.23. The van der Waals surface area contributed by atoms with Crippen LogP contribution in [0.4, 0.5) is 5.69 Å². The number of benzene rings is 4. The average Bonchev–Trinajstić information content (AvgIpc) is 2.85. The van der Waals surface area contributed by atoms with Gasteiger partial charge in [-0.1, -0.05) is 78.9 Å². The lowest BCUT2D eigenvalue weighted by Crippen LogP contribution is -2.04. The van der Waals surface area contributed by atoms with Gasteiger partial charge in [0.05, 0.1) is 13.2 Å². The van der Waals surface area contributed by atoms with E-state index in [1.807, 2.05) is 42.5 Å². The molecule has 162 valence electrons. The van der Waals surface area contributed by atoms with Crippen LogP contribution in [0, 0.1) is 0 Å². The molecule has 0 fully saturated rings. The van der Waals surface area contributed by atoms with Crippen LogP contribution >= 0.6 is 0 Å². The first-order chi connectivity index (χ1) is 15.8. The van der Waals surface area contributed by atoms with Crippen LogP contribution in [0.3, 0.4) is 0 Å². The number of anilines is 1. The van der Waals surface area contributed by atoms with Gasteiger partial charge in [0, 0.05) is 31.1 Å². The molecule has 32 heavy (non-hydrogen) atoms. The first-order valence-electron chi connectivity index (χ1n) is 11.1. The lowest BCUT2D eigenvalue weighted by Gasteiger charge is -2.11. The molecule has 0 aliphatic rings. The summed E-state index contributed by atoms with van der Waals surface area (Å²) < 4.78 is 11.9. The van der Waals surface area contributed by atoms with Crippen molar-refractivity contribution in [2.45, 2.75) is 19.4 Å². The SMILES string of the molecule is c1ccc(CCOc2cccc(CNc3cccc(OCCc4ccccc4)c3)c2)cc1. The molecule has 0 saturated carbocycles. The standard InChI is InChI=1S/C29H29NO2/c1-3-9-24(10-4-1)17-19-31-28-15-7-13-26(21-28)23-30-27-14-8-16-29(22-27)32-20-18-25-11-5-2-6-12-25/h1-16,21-22,30H,17-20,23H2. The van der Waals surface area contributed by atoms with E-state index in [2.05, 4.69) is 72.0 Å². The fourth-order valence-electron chi connectivity index (χ4n) is 3.51. The maximum absolute atomic E-state index is 5.95. The molecule has 4 aromatic rings. The summed E-state index contributed by atoms with van der Waals surface area (Å²) in [5.41, 5.74) is 4.79. The first kappa shape index (κ1) is 21.5. The van der Waals surface area contributed by atoms with E-state index >= 15 is 0 Å². The van der Waals surface area contributed by atoms with Gasteiger partial charge in [-0.15, -0.1) is 0 Å². The molecule has 0 unspecified atom stereocenters.